The van der Waals surface area contributed by atoms with Gasteiger partial charge in [0.25, 0.3) is 0 Å². The Kier molecular flexibility index (Phi) is 5.02. The Hall–Kier alpha value is -2.55. The van der Waals surface area contributed by atoms with Crippen molar-refractivity contribution in [2.24, 2.45) is 0 Å². The van der Waals surface area contributed by atoms with Crippen molar-refractivity contribution in [2.75, 3.05) is 11.5 Å². The van der Waals surface area contributed by atoms with Crippen LogP contribution in [0.2, 0.25) is 0 Å². The molecule has 0 spiro atoms. The van der Waals surface area contributed by atoms with Gasteiger partial charge >= 0.3 is 0 Å². The number of fused-ring (bicyclic) bond motifs is 4. The highest BCUT2D eigenvalue weighted by atomic mass is 16.5. The molecular weight excluding hydrogens is 356 g/mol. The number of nitrogens with zero attached hydrogens (tertiary/aromatic N) is 1. The van der Waals surface area contributed by atoms with Crippen LogP contribution < -0.4 is 20.6 Å². The number of anilines is 1. The molecule has 0 amide bonds. The normalized spacial score (nSPS) is 15.8. The van der Waals surface area contributed by atoms with Crippen LogP contribution in [0.3, 0.4) is 0 Å². The lowest BCUT2D eigenvalue weighted by Crippen LogP contribution is -2.39. The molecule has 29 heavy (non-hydrogen) atoms. The number of rotatable bonds is 4. The van der Waals surface area contributed by atoms with E-state index >= 15 is 0 Å². The lowest BCUT2D eigenvalue weighted by molar-refractivity contribution is 0.342. The summed E-state index contributed by atoms with van der Waals surface area (Å²) in [6.07, 6.45) is 5.16. The molecule has 0 saturated carbocycles. The Labute approximate surface area is 175 Å². The molecule has 0 aromatic heterocycles. The van der Waals surface area contributed by atoms with Crippen LogP contribution >= 0.6 is 0 Å². The Morgan fingerprint density at radius 1 is 1.24 bits per heavy atom. The van der Waals surface area contributed by atoms with Gasteiger partial charge in [-0.1, -0.05) is 57.4 Å². The van der Waals surface area contributed by atoms with Crippen LogP contribution in [0.25, 0.3) is 11.8 Å². The second-order valence-electron chi connectivity index (χ2n) is 8.33. The summed E-state index contributed by atoms with van der Waals surface area (Å²) >= 11 is 0. The number of hydrogen-bond donors (Lipinski definition) is 1. The summed E-state index contributed by atoms with van der Waals surface area (Å²) in [4.78, 5) is 2.27. The van der Waals surface area contributed by atoms with Gasteiger partial charge in [0.15, 0.2) is 0 Å². The van der Waals surface area contributed by atoms with Gasteiger partial charge in [0.05, 0.1) is 11.4 Å². The predicted octanol–water partition coefficient (Wildman–Crippen LogP) is 2.60. The molecule has 1 atom stereocenters. The molecule has 2 heterocycles. The van der Waals surface area contributed by atoms with Crippen LogP contribution in [-0.4, -0.2) is 27.4 Å². The SMILES string of the molecule is Bc1c(O)c(CCC)c(B)c2c1OCC1=Cc3cccc(C(C)CC)c3C(=C)N12. The fourth-order valence-corrected chi connectivity index (χ4v) is 4.74. The molecule has 0 radical (unpaired) electrons. The van der Waals surface area contributed by atoms with Crippen LogP contribution in [0.15, 0.2) is 30.5 Å². The molecule has 5 heteroatoms. The van der Waals surface area contributed by atoms with Crippen molar-refractivity contribution >= 4 is 44.1 Å². The lowest BCUT2D eigenvalue weighted by atomic mass is 9.78. The first-order valence-electron chi connectivity index (χ1n) is 10.7. The van der Waals surface area contributed by atoms with Gasteiger partial charge in [-0.25, -0.2) is 0 Å². The maximum atomic E-state index is 10.8. The second-order valence-corrected chi connectivity index (χ2v) is 8.33. The Bertz CT molecular complexity index is 1040. The van der Waals surface area contributed by atoms with Crippen LogP contribution in [0.5, 0.6) is 11.5 Å². The van der Waals surface area contributed by atoms with E-state index in [-0.39, 0.29) is 0 Å². The fraction of sp³-hybridized carbons (Fsp3) is 0.333. The molecule has 1 unspecified atom stereocenters. The van der Waals surface area contributed by atoms with Gasteiger partial charge in [-0.2, -0.15) is 0 Å². The van der Waals surface area contributed by atoms with Gasteiger partial charge in [-0.05, 0) is 47.0 Å². The van der Waals surface area contributed by atoms with E-state index in [0.717, 1.165) is 58.6 Å². The van der Waals surface area contributed by atoms with Crippen molar-refractivity contribution in [3.63, 3.8) is 0 Å². The third kappa shape index (κ3) is 2.90. The number of phenols is 1. The van der Waals surface area contributed by atoms with E-state index in [2.05, 4.69) is 64.4 Å². The number of benzene rings is 2. The van der Waals surface area contributed by atoms with E-state index < -0.39 is 0 Å². The molecule has 0 fully saturated rings. The summed E-state index contributed by atoms with van der Waals surface area (Å²) in [5, 5.41) is 10.8. The first-order chi connectivity index (χ1) is 13.9. The van der Waals surface area contributed by atoms with Crippen molar-refractivity contribution < 1.29 is 9.84 Å². The summed E-state index contributed by atoms with van der Waals surface area (Å²) in [6, 6.07) is 6.55. The van der Waals surface area contributed by atoms with E-state index in [0.29, 0.717) is 18.3 Å². The molecule has 0 bridgehead atoms. The summed E-state index contributed by atoms with van der Waals surface area (Å²) in [7, 11) is 4.05. The highest BCUT2D eigenvalue weighted by Crippen LogP contribution is 2.45. The largest absolute Gasteiger partial charge is 0.508 e. The molecule has 0 aliphatic carbocycles. The molecule has 1 N–H and O–H groups in total. The van der Waals surface area contributed by atoms with E-state index in [1.165, 1.54) is 16.7 Å². The average molecular weight is 385 g/mol. The van der Waals surface area contributed by atoms with Crippen molar-refractivity contribution in [1.82, 2.24) is 0 Å². The monoisotopic (exact) mass is 385 g/mol. The van der Waals surface area contributed by atoms with Crippen LogP contribution in [0.4, 0.5) is 5.69 Å². The predicted molar refractivity (Wildman–Crippen MR) is 129 cm³/mol. The first kappa shape index (κ1) is 19.8. The summed E-state index contributed by atoms with van der Waals surface area (Å²) in [5.41, 5.74) is 9.87. The van der Waals surface area contributed by atoms with Gasteiger partial charge < -0.3 is 14.7 Å². The van der Waals surface area contributed by atoms with Crippen molar-refractivity contribution in [1.29, 1.82) is 0 Å². The number of hydrogen-bond acceptors (Lipinski definition) is 3. The molecular formula is C24H29B2NO2. The zero-order valence-corrected chi connectivity index (χ0v) is 18.2. The minimum atomic E-state index is 0.374. The zero-order valence-electron chi connectivity index (χ0n) is 18.2. The van der Waals surface area contributed by atoms with Crippen molar-refractivity contribution in [3.05, 3.63) is 52.7 Å². The van der Waals surface area contributed by atoms with E-state index in [1.807, 2.05) is 7.85 Å². The molecule has 2 aromatic rings. The molecule has 2 aliphatic heterocycles. The summed E-state index contributed by atoms with van der Waals surface area (Å²) in [5.74, 6) is 1.62. The van der Waals surface area contributed by atoms with Gasteiger partial charge in [-0.15, -0.1) is 0 Å². The molecule has 0 saturated heterocycles. The number of aromatic hydroxyl groups is 1. The molecule has 148 valence electrons. The number of ether oxygens (including phenoxy) is 1. The molecule has 3 nitrogen and oxygen atoms in total. The Morgan fingerprint density at radius 3 is 2.69 bits per heavy atom. The van der Waals surface area contributed by atoms with Gasteiger partial charge in [0.2, 0.25) is 0 Å². The zero-order chi connectivity index (χ0) is 20.9. The van der Waals surface area contributed by atoms with Gasteiger partial charge in [0, 0.05) is 11.3 Å². The first-order valence-corrected chi connectivity index (χ1v) is 10.7. The van der Waals surface area contributed by atoms with E-state index in [9.17, 15) is 5.11 Å². The van der Waals surface area contributed by atoms with Crippen LogP contribution in [-0.2, 0) is 6.42 Å². The third-order valence-electron chi connectivity index (χ3n) is 6.53. The van der Waals surface area contributed by atoms with E-state index in [1.54, 1.807) is 0 Å². The van der Waals surface area contributed by atoms with Crippen LogP contribution in [0.1, 0.15) is 61.8 Å². The highest BCUT2D eigenvalue weighted by molar-refractivity contribution is 6.43. The summed E-state index contributed by atoms with van der Waals surface area (Å²) < 4.78 is 6.17. The smallest absolute Gasteiger partial charge is 0.149 e. The lowest BCUT2D eigenvalue weighted by Gasteiger charge is -2.41. The van der Waals surface area contributed by atoms with Gasteiger partial charge in [0.1, 0.15) is 33.8 Å². The fourth-order valence-electron chi connectivity index (χ4n) is 4.74. The Balaban J connectivity index is 1.96. The number of phenolic OH excluding ortho intramolecular Hbond substituents is 1. The topological polar surface area (TPSA) is 32.7 Å². The highest BCUT2D eigenvalue weighted by Gasteiger charge is 2.34. The molecule has 2 aliphatic rings. The van der Waals surface area contributed by atoms with Crippen LogP contribution in [0, 0.1) is 0 Å². The maximum Gasteiger partial charge on any atom is 0.149 e. The Morgan fingerprint density at radius 2 is 2.00 bits per heavy atom. The van der Waals surface area contributed by atoms with Crippen molar-refractivity contribution in [3.8, 4) is 11.5 Å². The standard InChI is InChI=1S/C24H29B2NO2/c1-5-8-18-20(25)22-24(21(26)23(18)28)29-12-16-11-15-9-7-10-17(13(3)6-2)19(15)14(4)27(16)22/h7,9-11,13,28H,4-6,8,12,25-26H2,1-3H3. The maximum absolute atomic E-state index is 10.8. The molecule has 4 rings (SSSR count). The van der Waals surface area contributed by atoms with Crippen molar-refractivity contribution in [2.45, 2.75) is 46.0 Å². The second kappa shape index (κ2) is 7.37. The third-order valence-corrected chi connectivity index (χ3v) is 6.53. The molecule has 2 aromatic carbocycles. The minimum absolute atomic E-state index is 0.374. The summed E-state index contributed by atoms with van der Waals surface area (Å²) in [6.45, 7) is 11.7. The minimum Gasteiger partial charge on any atom is -0.508 e. The van der Waals surface area contributed by atoms with Gasteiger partial charge in [-0.3, -0.25) is 0 Å². The quantitative estimate of drug-likeness (QED) is 0.822. The van der Waals surface area contributed by atoms with E-state index in [4.69, 9.17) is 4.74 Å². The average Bonchev–Trinajstić information content (AvgIpc) is 2.73.